The predicted molar refractivity (Wildman–Crippen MR) is 130 cm³/mol. The number of carbonyl (C=O) groups excluding carboxylic acids is 1. The minimum absolute atomic E-state index is 0.0896. The summed E-state index contributed by atoms with van der Waals surface area (Å²) in [6, 6.07) is 21.0. The summed E-state index contributed by atoms with van der Waals surface area (Å²) in [6.07, 6.45) is 0. The van der Waals surface area contributed by atoms with E-state index >= 15 is 0 Å². The second-order valence-corrected chi connectivity index (χ2v) is 9.00. The summed E-state index contributed by atoms with van der Waals surface area (Å²) in [4.78, 5) is 12.7. The molecule has 1 N–H and O–H groups in total. The van der Waals surface area contributed by atoms with Crippen LogP contribution in [0.5, 0.6) is 11.5 Å². The Morgan fingerprint density at radius 2 is 1.66 bits per heavy atom. The van der Waals surface area contributed by atoms with Crippen LogP contribution < -0.4 is 14.8 Å². The molecule has 168 valence electrons. The fourth-order valence-corrected chi connectivity index (χ4v) is 3.46. The molecule has 0 unspecified atom stereocenters. The third kappa shape index (κ3) is 6.27. The van der Waals surface area contributed by atoms with Crippen molar-refractivity contribution in [1.29, 1.82) is 0 Å². The molecular formula is C27H30ClNO3. The molecule has 5 heteroatoms. The molecule has 0 saturated carbocycles. The van der Waals surface area contributed by atoms with E-state index < -0.39 is 0 Å². The molecule has 0 bridgehead atoms. The lowest BCUT2D eigenvalue weighted by Gasteiger charge is -2.19. The summed E-state index contributed by atoms with van der Waals surface area (Å²) < 4.78 is 11.7. The van der Waals surface area contributed by atoms with Crippen molar-refractivity contribution in [1.82, 2.24) is 5.32 Å². The van der Waals surface area contributed by atoms with Gasteiger partial charge in [-0.05, 0) is 59.9 Å². The molecule has 0 radical (unpaired) electrons. The highest BCUT2D eigenvalue weighted by Gasteiger charge is 2.14. The van der Waals surface area contributed by atoms with Gasteiger partial charge in [-0.3, -0.25) is 4.79 Å². The van der Waals surface area contributed by atoms with Gasteiger partial charge in [0.2, 0.25) is 0 Å². The van der Waals surface area contributed by atoms with Crippen LogP contribution in [0.3, 0.4) is 0 Å². The molecule has 0 aliphatic heterocycles. The number of rotatable bonds is 8. The highest BCUT2D eigenvalue weighted by atomic mass is 35.5. The van der Waals surface area contributed by atoms with Gasteiger partial charge in [-0.15, -0.1) is 0 Å². The van der Waals surface area contributed by atoms with E-state index in [1.807, 2.05) is 55.5 Å². The molecule has 0 heterocycles. The number of benzene rings is 3. The molecule has 0 atom stereocenters. The molecule has 0 fully saturated rings. The Bertz CT molecular complexity index is 1060. The molecule has 0 aliphatic rings. The third-order valence-corrected chi connectivity index (χ3v) is 5.50. The molecule has 0 aromatic heterocycles. The summed E-state index contributed by atoms with van der Waals surface area (Å²) in [5.74, 6) is 1.30. The summed E-state index contributed by atoms with van der Waals surface area (Å²) in [7, 11) is 0. The van der Waals surface area contributed by atoms with Crippen molar-refractivity contribution in [2.24, 2.45) is 0 Å². The third-order valence-electron chi connectivity index (χ3n) is 5.13. The van der Waals surface area contributed by atoms with Crippen LogP contribution in [0.2, 0.25) is 5.02 Å². The van der Waals surface area contributed by atoms with E-state index in [0.717, 1.165) is 16.9 Å². The first-order chi connectivity index (χ1) is 15.3. The molecule has 0 saturated heterocycles. The number of amides is 1. The fourth-order valence-electron chi connectivity index (χ4n) is 3.26. The molecule has 3 aromatic carbocycles. The zero-order chi connectivity index (χ0) is 23.1. The van der Waals surface area contributed by atoms with Crippen LogP contribution in [0.1, 0.15) is 54.7 Å². The number of ether oxygens (including phenoxy) is 2. The van der Waals surface area contributed by atoms with Crippen LogP contribution in [0.15, 0.2) is 66.7 Å². The molecule has 4 nitrogen and oxygen atoms in total. The molecule has 3 rings (SSSR count). The monoisotopic (exact) mass is 451 g/mol. The Morgan fingerprint density at radius 1 is 0.938 bits per heavy atom. The predicted octanol–water partition coefficient (Wildman–Crippen LogP) is 6.55. The maximum atomic E-state index is 12.7. The summed E-state index contributed by atoms with van der Waals surface area (Å²) in [6.45, 7) is 9.66. The second-order valence-electron chi connectivity index (χ2n) is 8.59. The summed E-state index contributed by atoms with van der Waals surface area (Å²) >= 11 is 6.18. The fraction of sp³-hybridized carbons (Fsp3) is 0.296. The number of halogens is 1. The lowest BCUT2D eigenvalue weighted by atomic mass is 9.87. The Morgan fingerprint density at radius 3 is 2.31 bits per heavy atom. The van der Waals surface area contributed by atoms with Crippen LogP contribution in [0.25, 0.3) is 0 Å². The van der Waals surface area contributed by atoms with Gasteiger partial charge in [-0.25, -0.2) is 0 Å². The van der Waals surface area contributed by atoms with Crippen LogP contribution in [0.4, 0.5) is 0 Å². The standard InChI is InChI=1S/C27H30ClNO3/c1-5-31-25-15-10-19(26(30)29-17-20-8-6-7-9-24(20)28)16-21(25)18-32-23-13-11-22(12-14-23)27(2,3)4/h6-16H,5,17-18H2,1-4H3,(H,29,30). The van der Waals surface area contributed by atoms with Crippen molar-refractivity contribution in [3.63, 3.8) is 0 Å². The van der Waals surface area contributed by atoms with E-state index in [0.29, 0.717) is 36.1 Å². The topological polar surface area (TPSA) is 47.6 Å². The van der Waals surface area contributed by atoms with Gasteiger partial charge in [-0.1, -0.05) is 62.7 Å². The van der Waals surface area contributed by atoms with Crippen LogP contribution >= 0.6 is 11.6 Å². The lowest BCUT2D eigenvalue weighted by molar-refractivity contribution is 0.0950. The Hall–Kier alpha value is -2.98. The van der Waals surface area contributed by atoms with E-state index in [9.17, 15) is 4.79 Å². The van der Waals surface area contributed by atoms with Gasteiger partial charge < -0.3 is 14.8 Å². The first-order valence-corrected chi connectivity index (χ1v) is 11.2. The van der Waals surface area contributed by atoms with Crippen LogP contribution in [-0.4, -0.2) is 12.5 Å². The van der Waals surface area contributed by atoms with Gasteiger partial charge in [0.05, 0.1) is 6.61 Å². The van der Waals surface area contributed by atoms with Crippen LogP contribution in [-0.2, 0) is 18.6 Å². The first kappa shape index (κ1) is 23.7. The van der Waals surface area contributed by atoms with E-state index in [2.05, 4.69) is 38.2 Å². The average Bonchev–Trinajstić information content (AvgIpc) is 2.77. The highest BCUT2D eigenvalue weighted by Crippen LogP contribution is 2.26. The minimum atomic E-state index is -0.177. The van der Waals surface area contributed by atoms with Crippen molar-refractivity contribution in [3.8, 4) is 11.5 Å². The highest BCUT2D eigenvalue weighted by molar-refractivity contribution is 6.31. The van der Waals surface area contributed by atoms with Crippen LogP contribution in [0, 0.1) is 0 Å². The molecule has 32 heavy (non-hydrogen) atoms. The summed E-state index contributed by atoms with van der Waals surface area (Å²) in [5.41, 5.74) is 3.57. The van der Waals surface area contributed by atoms with E-state index in [4.69, 9.17) is 21.1 Å². The summed E-state index contributed by atoms with van der Waals surface area (Å²) in [5, 5.41) is 3.55. The van der Waals surface area contributed by atoms with E-state index in [-0.39, 0.29) is 11.3 Å². The average molecular weight is 452 g/mol. The van der Waals surface area contributed by atoms with E-state index in [1.54, 1.807) is 6.07 Å². The van der Waals surface area contributed by atoms with Crippen molar-refractivity contribution in [2.75, 3.05) is 6.61 Å². The number of nitrogens with one attached hydrogen (secondary N) is 1. The normalized spacial score (nSPS) is 11.2. The quantitative estimate of drug-likeness (QED) is 0.422. The van der Waals surface area contributed by atoms with Crippen molar-refractivity contribution in [2.45, 2.75) is 46.3 Å². The van der Waals surface area contributed by atoms with Crippen molar-refractivity contribution >= 4 is 17.5 Å². The number of hydrogen-bond donors (Lipinski definition) is 1. The molecule has 1 amide bonds. The van der Waals surface area contributed by atoms with Crippen molar-refractivity contribution < 1.29 is 14.3 Å². The maximum absolute atomic E-state index is 12.7. The first-order valence-electron chi connectivity index (χ1n) is 10.8. The van der Waals surface area contributed by atoms with E-state index in [1.165, 1.54) is 5.56 Å². The Labute approximate surface area is 195 Å². The van der Waals surface area contributed by atoms with Gasteiger partial charge >= 0.3 is 0 Å². The van der Waals surface area contributed by atoms with Gasteiger partial charge in [0.1, 0.15) is 18.1 Å². The van der Waals surface area contributed by atoms with Gasteiger partial charge in [-0.2, -0.15) is 0 Å². The molecular weight excluding hydrogens is 422 g/mol. The smallest absolute Gasteiger partial charge is 0.251 e. The van der Waals surface area contributed by atoms with Crippen molar-refractivity contribution in [3.05, 3.63) is 94.0 Å². The molecule has 0 spiro atoms. The second kappa shape index (κ2) is 10.6. The Balaban J connectivity index is 1.71. The number of hydrogen-bond acceptors (Lipinski definition) is 3. The van der Waals surface area contributed by atoms with Gasteiger partial charge in [0.25, 0.3) is 5.91 Å². The number of carbonyl (C=O) groups is 1. The van der Waals surface area contributed by atoms with Gasteiger partial charge in [0, 0.05) is 22.7 Å². The zero-order valence-electron chi connectivity index (χ0n) is 19.1. The SMILES string of the molecule is CCOc1ccc(C(=O)NCc2ccccc2Cl)cc1COc1ccc(C(C)(C)C)cc1. The molecule has 3 aromatic rings. The minimum Gasteiger partial charge on any atom is -0.493 e. The lowest BCUT2D eigenvalue weighted by Crippen LogP contribution is -2.23. The molecule has 0 aliphatic carbocycles. The largest absolute Gasteiger partial charge is 0.493 e. The zero-order valence-corrected chi connectivity index (χ0v) is 19.8. The Kier molecular flexibility index (Phi) is 7.81. The maximum Gasteiger partial charge on any atom is 0.251 e. The van der Waals surface area contributed by atoms with Gasteiger partial charge in [0.15, 0.2) is 0 Å².